The Kier molecular flexibility index (Phi) is 3.52. The molecule has 0 saturated carbocycles. The highest BCUT2D eigenvalue weighted by atomic mass is 79.9. The number of fused-ring (bicyclic) bond motifs is 1. The highest BCUT2D eigenvalue weighted by molar-refractivity contribution is 9.10. The molecule has 0 unspecified atom stereocenters. The van der Waals surface area contributed by atoms with Crippen LogP contribution in [0.3, 0.4) is 0 Å². The summed E-state index contributed by atoms with van der Waals surface area (Å²) in [7, 11) is 0. The van der Waals surface area contributed by atoms with E-state index in [9.17, 15) is 4.79 Å². The van der Waals surface area contributed by atoms with Crippen molar-refractivity contribution in [1.82, 2.24) is 0 Å². The zero-order valence-corrected chi connectivity index (χ0v) is 13.8. The van der Waals surface area contributed by atoms with Crippen LogP contribution in [0.25, 0.3) is 11.0 Å². The Morgan fingerprint density at radius 3 is 2.60 bits per heavy atom. The summed E-state index contributed by atoms with van der Waals surface area (Å²) in [4.78, 5) is 12.6. The third-order valence-corrected chi connectivity index (χ3v) is 4.41. The van der Waals surface area contributed by atoms with Crippen molar-refractivity contribution in [2.45, 2.75) is 6.92 Å². The first-order valence-corrected chi connectivity index (χ1v) is 7.64. The van der Waals surface area contributed by atoms with Gasteiger partial charge in [-0.1, -0.05) is 44.0 Å². The lowest BCUT2D eigenvalue weighted by Crippen LogP contribution is -2.02. The topological polar surface area (TPSA) is 30.2 Å². The molecule has 1 aromatic heterocycles. The molecule has 0 atom stereocenters. The summed E-state index contributed by atoms with van der Waals surface area (Å²) < 4.78 is 7.47. The van der Waals surface area contributed by atoms with Crippen molar-refractivity contribution in [3.8, 4) is 0 Å². The van der Waals surface area contributed by atoms with E-state index in [1.165, 1.54) is 0 Å². The van der Waals surface area contributed by atoms with Gasteiger partial charge in [0, 0.05) is 25.5 Å². The molecule has 0 aliphatic carbocycles. The van der Waals surface area contributed by atoms with Crippen LogP contribution in [-0.4, -0.2) is 5.78 Å². The predicted octanol–water partition coefficient (Wildman–Crippen LogP) is 5.50. The molecule has 0 spiro atoms. The average Bonchev–Trinajstić information content (AvgIpc) is 2.76. The summed E-state index contributed by atoms with van der Waals surface area (Å²) in [6.45, 7) is 1.91. The van der Waals surface area contributed by atoms with Gasteiger partial charge in [0.05, 0.1) is 0 Å². The molecule has 0 saturated heterocycles. The largest absolute Gasteiger partial charge is 0.452 e. The lowest BCUT2D eigenvalue weighted by molar-refractivity contribution is 0.101. The molecule has 0 bridgehead atoms. The monoisotopic (exact) mass is 392 g/mol. The second-order valence-corrected chi connectivity index (χ2v) is 6.28. The number of carbonyl (C=O) groups is 1. The maximum atomic E-state index is 12.6. The number of halogens is 2. The second kappa shape index (κ2) is 5.19. The van der Waals surface area contributed by atoms with Gasteiger partial charge in [0.15, 0.2) is 5.76 Å². The smallest absolute Gasteiger partial charge is 0.229 e. The maximum Gasteiger partial charge on any atom is 0.229 e. The van der Waals surface area contributed by atoms with Crippen molar-refractivity contribution in [2.24, 2.45) is 0 Å². The van der Waals surface area contributed by atoms with Gasteiger partial charge in [-0.2, -0.15) is 0 Å². The molecule has 2 nitrogen and oxygen atoms in total. The maximum absolute atomic E-state index is 12.6. The van der Waals surface area contributed by atoms with Crippen LogP contribution in [0.1, 0.15) is 21.7 Å². The molecule has 0 fully saturated rings. The van der Waals surface area contributed by atoms with Crippen LogP contribution < -0.4 is 0 Å². The van der Waals surface area contributed by atoms with E-state index >= 15 is 0 Å². The van der Waals surface area contributed by atoms with Crippen LogP contribution >= 0.6 is 31.9 Å². The SMILES string of the molecule is Cc1c(C(=O)c2ccccc2Br)oc2ccc(Br)cc12. The lowest BCUT2D eigenvalue weighted by Gasteiger charge is -2.01. The molecule has 100 valence electrons. The Balaban J connectivity index is 2.18. The molecule has 3 rings (SSSR count). The Labute approximate surface area is 133 Å². The van der Waals surface area contributed by atoms with Crippen molar-refractivity contribution in [2.75, 3.05) is 0 Å². The van der Waals surface area contributed by atoms with Gasteiger partial charge in [0.2, 0.25) is 5.78 Å². The molecule has 20 heavy (non-hydrogen) atoms. The van der Waals surface area contributed by atoms with Gasteiger partial charge in [-0.15, -0.1) is 0 Å². The van der Waals surface area contributed by atoms with Crippen molar-refractivity contribution in [3.63, 3.8) is 0 Å². The van der Waals surface area contributed by atoms with E-state index in [1.807, 2.05) is 43.3 Å². The van der Waals surface area contributed by atoms with Crippen LogP contribution in [-0.2, 0) is 0 Å². The van der Waals surface area contributed by atoms with Gasteiger partial charge in [-0.3, -0.25) is 4.79 Å². The number of benzene rings is 2. The molecule has 0 aliphatic heterocycles. The van der Waals surface area contributed by atoms with E-state index in [1.54, 1.807) is 6.07 Å². The van der Waals surface area contributed by atoms with E-state index in [0.717, 1.165) is 25.5 Å². The molecular formula is C16H10Br2O2. The summed E-state index contributed by atoms with van der Waals surface area (Å²) in [5, 5.41) is 0.953. The molecule has 0 N–H and O–H groups in total. The zero-order chi connectivity index (χ0) is 14.3. The molecule has 3 aromatic rings. The first-order valence-electron chi connectivity index (χ1n) is 6.06. The Hall–Kier alpha value is -1.39. The van der Waals surface area contributed by atoms with E-state index < -0.39 is 0 Å². The summed E-state index contributed by atoms with van der Waals surface area (Å²) in [6, 6.07) is 13.1. The van der Waals surface area contributed by atoms with Gasteiger partial charge in [0.25, 0.3) is 0 Å². The number of furan rings is 1. The third-order valence-electron chi connectivity index (χ3n) is 3.22. The predicted molar refractivity (Wildman–Crippen MR) is 86.2 cm³/mol. The van der Waals surface area contributed by atoms with Crippen LogP contribution in [0.15, 0.2) is 55.8 Å². The van der Waals surface area contributed by atoms with Gasteiger partial charge >= 0.3 is 0 Å². The third kappa shape index (κ3) is 2.23. The first-order chi connectivity index (χ1) is 9.58. The van der Waals surface area contributed by atoms with E-state index in [4.69, 9.17) is 4.42 Å². The Morgan fingerprint density at radius 2 is 1.85 bits per heavy atom. The van der Waals surface area contributed by atoms with Gasteiger partial charge in [-0.05, 0) is 37.3 Å². The quantitative estimate of drug-likeness (QED) is 0.538. The van der Waals surface area contributed by atoms with Gasteiger partial charge in [0.1, 0.15) is 5.58 Å². The minimum atomic E-state index is -0.109. The van der Waals surface area contributed by atoms with Crippen molar-refractivity contribution < 1.29 is 9.21 Å². The van der Waals surface area contributed by atoms with Crippen LogP contribution in [0.4, 0.5) is 0 Å². The number of aryl methyl sites for hydroxylation is 1. The fourth-order valence-electron chi connectivity index (χ4n) is 2.18. The average molecular weight is 394 g/mol. The zero-order valence-electron chi connectivity index (χ0n) is 10.6. The number of hydrogen-bond acceptors (Lipinski definition) is 2. The van der Waals surface area contributed by atoms with Crippen molar-refractivity contribution >= 4 is 48.6 Å². The van der Waals surface area contributed by atoms with E-state index in [0.29, 0.717) is 11.3 Å². The standard InChI is InChI=1S/C16H10Br2O2/c1-9-12-8-10(17)6-7-14(12)20-16(9)15(19)11-4-2-3-5-13(11)18/h2-8H,1H3. The van der Waals surface area contributed by atoms with Crippen LogP contribution in [0.2, 0.25) is 0 Å². The molecule has 2 aromatic carbocycles. The second-order valence-electron chi connectivity index (χ2n) is 4.51. The molecule has 0 aliphatic rings. The van der Waals surface area contributed by atoms with Crippen molar-refractivity contribution in [3.05, 3.63) is 68.3 Å². The fraction of sp³-hybridized carbons (Fsp3) is 0.0625. The van der Waals surface area contributed by atoms with Crippen molar-refractivity contribution in [1.29, 1.82) is 0 Å². The number of ketones is 1. The minimum absolute atomic E-state index is 0.109. The molecule has 0 amide bonds. The van der Waals surface area contributed by atoms with E-state index in [2.05, 4.69) is 31.9 Å². The van der Waals surface area contributed by atoms with Gasteiger partial charge < -0.3 is 4.42 Å². The van der Waals surface area contributed by atoms with Crippen LogP contribution in [0, 0.1) is 6.92 Å². The number of hydrogen-bond donors (Lipinski definition) is 0. The highest BCUT2D eigenvalue weighted by Crippen LogP contribution is 2.30. The molecule has 1 heterocycles. The summed E-state index contributed by atoms with van der Waals surface area (Å²) in [5.41, 5.74) is 2.19. The van der Waals surface area contributed by atoms with Gasteiger partial charge in [-0.25, -0.2) is 0 Å². The first kappa shape index (κ1) is 13.6. The summed E-state index contributed by atoms with van der Waals surface area (Å²) in [5.74, 6) is 0.285. The molecule has 4 heteroatoms. The summed E-state index contributed by atoms with van der Waals surface area (Å²) >= 11 is 6.84. The fourth-order valence-corrected chi connectivity index (χ4v) is 3.00. The number of carbonyl (C=O) groups excluding carboxylic acids is 1. The minimum Gasteiger partial charge on any atom is -0.452 e. The van der Waals surface area contributed by atoms with E-state index in [-0.39, 0.29) is 5.78 Å². The Morgan fingerprint density at radius 1 is 1.10 bits per heavy atom. The molecule has 0 radical (unpaired) electrons. The Bertz CT molecular complexity index is 818. The summed E-state index contributed by atoms with van der Waals surface area (Å²) in [6.07, 6.45) is 0. The number of rotatable bonds is 2. The lowest BCUT2D eigenvalue weighted by atomic mass is 10.1. The van der Waals surface area contributed by atoms with Crippen LogP contribution in [0.5, 0.6) is 0 Å². The highest BCUT2D eigenvalue weighted by Gasteiger charge is 2.20. The normalized spacial score (nSPS) is 10.9. The molecular weight excluding hydrogens is 384 g/mol.